The molecule has 0 saturated carbocycles. The molecule has 1 aromatic rings. The molecule has 2 saturated heterocycles. The van der Waals surface area contributed by atoms with Crippen LogP contribution in [0.1, 0.15) is 45.6 Å². The van der Waals surface area contributed by atoms with E-state index in [-0.39, 0.29) is 16.2 Å². The van der Waals surface area contributed by atoms with Crippen LogP contribution in [0.15, 0.2) is 29.2 Å². The number of rotatable bonds is 2. The largest absolute Gasteiger partial charge is 0.354 e. The molecule has 1 aromatic carbocycles. The second kappa shape index (κ2) is 5.31. The van der Waals surface area contributed by atoms with E-state index in [1.54, 1.807) is 12.1 Å². The van der Waals surface area contributed by atoms with Gasteiger partial charge in [-0.25, -0.2) is 8.42 Å². The van der Waals surface area contributed by atoms with E-state index in [2.05, 4.69) is 26.1 Å². The highest BCUT2D eigenvalue weighted by atomic mass is 32.2. The first-order valence-corrected chi connectivity index (χ1v) is 9.54. The van der Waals surface area contributed by atoms with Crippen molar-refractivity contribution in [3.8, 4) is 0 Å². The molecule has 2 aliphatic heterocycles. The van der Waals surface area contributed by atoms with Gasteiger partial charge in [-0.3, -0.25) is 4.79 Å². The van der Waals surface area contributed by atoms with Crippen LogP contribution >= 0.6 is 0 Å². The molecule has 23 heavy (non-hydrogen) atoms. The summed E-state index contributed by atoms with van der Waals surface area (Å²) in [6, 6.07) is 7.05. The lowest BCUT2D eigenvalue weighted by Gasteiger charge is -2.31. The molecule has 6 heteroatoms. The summed E-state index contributed by atoms with van der Waals surface area (Å²) in [5, 5.41) is 2.79. The molecule has 0 aromatic heterocycles. The van der Waals surface area contributed by atoms with Gasteiger partial charge in [0.15, 0.2) is 0 Å². The van der Waals surface area contributed by atoms with Gasteiger partial charge in [0.25, 0.3) is 0 Å². The first kappa shape index (κ1) is 16.5. The first-order valence-electron chi connectivity index (χ1n) is 8.10. The van der Waals surface area contributed by atoms with Gasteiger partial charge < -0.3 is 5.32 Å². The summed E-state index contributed by atoms with van der Waals surface area (Å²) < 4.78 is 27.5. The first-order chi connectivity index (χ1) is 10.7. The summed E-state index contributed by atoms with van der Waals surface area (Å²) >= 11 is 0. The molecule has 1 atom stereocenters. The Hall–Kier alpha value is -1.40. The van der Waals surface area contributed by atoms with E-state index in [1.165, 1.54) is 4.31 Å². The zero-order valence-corrected chi connectivity index (χ0v) is 14.7. The summed E-state index contributed by atoms with van der Waals surface area (Å²) in [7, 11) is -3.65. The van der Waals surface area contributed by atoms with Crippen molar-refractivity contribution in [3.05, 3.63) is 29.8 Å². The maximum Gasteiger partial charge on any atom is 0.244 e. The number of carbonyl (C=O) groups is 1. The van der Waals surface area contributed by atoms with E-state index in [1.807, 2.05) is 12.1 Å². The molecule has 2 aliphatic rings. The quantitative estimate of drug-likeness (QED) is 0.898. The van der Waals surface area contributed by atoms with Gasteiger partial charge in [-0.1, -0.05) is 32.9 Å². The van der Waals surface area contributed by atoms with Crippen LogP contribution in [0.2, 0.25) is 0 Å². The van der Waals surface area contributed by atoms with Crippen LogP contribution in [-0.4, -0.2) is 37.3 Å². The minimum atomic E-state index is -3.65. The van der Waals surface area contributed by atoms with Crippen molar-refractivity contribution in [2.45, 2.75) is 55.9 Å². The minimum absolute atomic E-state index is 0.0253. The number of benzene rings is 1. The third kappa shape index (κ3) is 2.58. The Labute approximate surface area is 138 Å². The zero-order chi connectivity index (χ0) is 16.9. The normalized spacial score (nSPS) is 26.0. The maximum absolute atomic E-state index is 13.0. The lowest BCUT2D eigenvalue weighted by molar-refractivity contribution is -0.126. The number of carbonyl (C=O) groups excluding carboxylic acids is 1. The van der Waals surface area contributed by atoms with Crippen molar-refractivity contribution in [2.24, 2.45) is 0 Å². The van der Waals surface area contributed by atoms with E-state index in [4.69, 9.17) is 0 Å². The second-order valence-electron chi connectivity index (χ2n) is 7.49. The Bertz CT molecular complexity index is 715. The SMILES string of the molecule is CC(C)(C)c1ccc(S(=O)(=O)N2CCC[C@@]23CCNC3=O)cc1. The molecular formula is C17H24N2O3S. The zero-order valence-electron chi connectivity index (χ0n) is 13.9. The van der Waals surface area contributed by atoms with Gasteiger partial charge in [0.1, 0.15) is 5.54 Å². The summed E-state index contributed by atoms with van der Waals surface area (Å²) in [5.41, 5.74) is 0.190. The third-order valence-corrected chi connectivity index (χ3v) is 6.96. The highest BCUT2D eigenvalue weighted by molar-refractivity contribution is 7.89. The summed E-state index contributed by atoms with van der Waals surface area (Å²) in [4.78, 5) is 12.5. The van der Waals surface area contributed by atoms with Gasteiger partial charge in [-0.2, -0.15) is 4.31 Å². The van der Waals surface area contributed by atoms with Crippen molar-refractivity contribution in [3.63, 3.8) is 0 Å². The molecule has 126 valence electrons. The van der Waals surface area contributed by atoms with Crippen LogP contribution in [0.5, 0.6) is 0 Å². The maximum atomic E-state index is 13.0. The average molecular weight is 336 g/mol. The van der Waals surface area contributed by atoms with Crippen molar-refractivity contribution in [1.29, 1.82) is 0 Å². The third-order valence-electron chi connectivity index (χ3n) is 4.98. The van der Waals surface area contributed by atoms with E-state index < -0.39 is 15.6 Å². The van der Waals surface area contributed by atoms with E-state index in [9.17, 15) is 13.2 Å². The van der Waals surface area contributed by atoms with E-state index in [0.717, 1.165) is 12.0 Å². The standard InChI is InChI=1S/C17H24N2O3S/c1-16(2,3)13-5-7-14(8-6-13)23(21,22)19-12-4-9-17(19)10-11-18-15(17)20/h5-8H,4,9-12H2,1-3H3,(H,18,20)/t17-/m0/s1. The van der Waals surface area contributed by atoms with Crippen LogP contribution in [0, 0.1) is 0 Å². The van der Waals surface area contributed by atoms with Gasteiger partial charge in [0.2, 0.25) is 15.9 Å². The van der Waals surface area contributed by atoms with Gasteiger partial charge >= 0.3 is 0 Å². The van der Waals surface area contributed by atoms with E-state index >= 15 is 0 Å². The Balaban J connectivity index is 1.97. The Morgan fingerprint density at radius 2 is 1.78 bits per heavy atom. The summed E-state index contributed by atoms with van der Waals surface area (Å²) in [6.07, 6.45) is 1.90. The molecule has 1 N–H and O–H groups in total. The number of nitrogens with one attached hydrogen (secondary N) is 1. The molecule has 0 unspecified atom stereocenters. The lowest BCUT2D eigenvalue weighted by atomic mass is 9.87. The fourth-order valence-corrected chi connectivity index (χ4v) is 5.43. The van der Waals surface area contributed by atoms with Gasteiger partial charge in [0, 0.05) is 13.1 Å². The molecule has 5 nitrogen and oxygen atoms in total. The smallest absolute Gasteiger partial charge is 0.244 e. The highest BCUT2D eigenvalue weighted by Crippen LogP contribution is 2.39. The highest BCUT2D eigenvalue weighted by Gasteiger charge is 2.54. The minimum Gasteiger partial charge on any atom is -0.354 e. The van der Waals surface area contributed by atoms with Crippen molar-refractivity contribution in [2.75, 3.05) is 13.1 Å². The molecule has 0 radical (unpaired) electrons. The molecule has 2 heterocycles. The second-order valence-corrected chi connectivity index (χ2v) is 9.35. The molecule has 3 rings (SSSR count). The number of hydrogen-bond donors (Lipinski definition) is 1. The Kier molecular flexibility index (Phi) is 3.80. The molecule has 0 bridgehead atoms. The van der Waals surface area contributed by atoms with Crippen LogP contribution in [0.3, 0.4) is 0 Å². The summed E-state index contributed by atoms with van der Waals surface area (Å²) in [5.74, 6) is -0.148. The Morgan fingerprint density at radius 3 is 2.30 bits per heavy atom. The van der Waals surface area contributed by atoms with Crippen molar-refractivity contribution < 1.29 is 13.2 Å². The van der Waals surface area contributed by atoms with Gasteiger partial charge in [-0.05, 0) is 42.4 Å². The molecule has 2 fully saturated rings. The van der Waals surface area contributed by atoms with Gasteiger partial charge in [-0.15, -0.1) is 0 Å². The van der Waals surface area contributed by atoms with Crippen molar-refractivity contribution in [1.82, 2.24) is 9.62 Å². The number of amides is 1. The van der Waals surface area contributed by atoms with Crippen LogP contribution in [0.25, 0.3) is 0 Å². The Morgan fingerprint density at radius 1 is 1.13 bits per heavy atom. The lowest BCUT2D eigenvalue weighted by Crippen LogP contribution is -2.52. The van der Waals surface area contributed by atoms with Crippen LogP contribution in [-0.2, 0) is 20.2 Å². The predicted molar refractivity (Wildman–Crippen MR) is 88.6 cm³/mol. The average Bonchev–Trinajstić information content (AvgIpc) is 3.07. The molecular weight excluding hydrogens is 312 g/mol. The molecule has 1 amide bonds. The number of nitrogens with zero attached hydrogens (tertiary/aromatic N) is 1. The monoisotopic (exact) mass is 336 g/mol. The van der Waals surface area contributed by atoms with Gasteiger partial charge in [0.05, 0.1) is 4.90 Å². The van der Waals surface area contributed by atoms with E-state index in [0.29, 0.717) is 25.9 Å². The summed E-state index contributed by atoms with van der Waals surface area (Å²) in [6.45, 7) is 7.24. The fraction of sp³-hybridized carbons (Fsp3) is 0.588. The number of sulfonamides is 1. The molecule has 1 spiro atoms. The van der Waals surface area contributed by atoms with Crippen LogP contribution < -0.4 is 5.32 Å². The molecule has 0 aliphatic carbocycles. The van der Waals surface area contributed by atoms with Crippen LogP contribution in [0.4, 0.5) is 0 Å². The fourth-order valence-electron chi connectivity index (χ4n) is 3.60. The topological polar surface area (TPSA) is 66.5 Å². The predicted octanol–water partition coefficient (Wildman–Crippen LogP) is 2.03. The number of hydrogen-bond acceptors (Lipinski definition) is 3. The van der Waals surface area contributed by atoms with Crippen molar-refractivity contribution >= 4 is 15.9 Å².